The fourth-order valence-electron chi connectivity index (χ4n) is 2.19. The molecule has 0 unspecified atom stereocenters. The minimum absolute atomic E-state index is 0.151. The van der Waals surface area contributed by atoms with Gasteiger partial charge in [0.15, 0.2) is 0 Å². The lowest BCUT2D eigenvalue weighted by Gasteiger charge is -2.21. The van der Waals surface area contributed by atoms with E-state index in [1.165, 1.54) is 10.6 Å². The summed E-state index contributed by atoms with van der Waals surface area (Å²) < 4.78 is 24.9. The van der Waals surface area contributed by atoms with Crippen LogP contribution in [0.15, 0.2) is 18.3 Å². The molecule has 0 aliphatic carbocycles. The molecule has 2 rings (SSSR count). The topological polar surface area (TPSA) is 73.5 Å². The molecule has 0 saturated carbocycles. The maximum atomic E-state index is 12.4. The lowest BCUT2D eigenvalue weighted by atomic mass is 10.2. The van der Waals surface area contributed by atoms with Gasteiger partial charge in [0.2, 0.25) is 10.0 Å². The molecule has 110 valence electrons. The number of hydrogen-bond acceptors (Lipinski definition) is 4. The quantitative estimate of drug-likeness (QED) is 0.821. The van der Waals surface area contributed by atoms with Gasteiger partial charge in [-0.1, -0.05) is 12.2 Å². The zero-order chi connectivity index (χ0) is 14.8. The average Bonchev–Trinajstić information content (AvgIpc) is 2.63. The van der Waals surface area contributed by atoms with E-state index < -0.39 is 10.0 Å². The number of carbonyl (C=O) groups excluding carboxylic acids is 1. The summed E-state index contributed by atoms with van der Waals surface area (Å²) in [7, 11) is -3.20. The van der Waals surface area contributed by atoms with Crippen molar-refractivity contribution in [1.82, 2.24) is 14.2 Å². The number of sulfonamides is 1. The van der Waals surface area contributed by atoms with Gasteiger partial charge in [-0.3, -0.25) is 4.79 Å². The number of rotatable bonds is 2. The highest BCUT2D eigenvalue weighted by molar-refractivity contribution is 7.88. The van der Waals surface area contributed by atoms with Crippen molar-refractivity contribution in [2.24, 2.45) is 0 Å². The van der Waals surface area contributed by atoms with Crippen LogP contribution < -0.4 is 0 Å². The highest BCUT2D eigenvalue weighted by atomic mass is 32.2. The zero-order valence-electron chi connectivity index (χ0n) is 11.2. The Balaban J connectivity index is 2.13. The number of H-pyrrole nitrogens is 1. The van der Waals surface area contributed by atoms with Crippen LogP contribution in [-0.2, 0) is 10.0 Å². The molecule has 0 spiro atoms. The van der Waals surface area contributed by atoms with Crippen molar-refractivity contribution in [2.45, 2.75) is 6.42 Å². The Kier molecular flexibility index (Phi) is 4.56. The van der Waals surface area contributed by atoms with Crippen molar-refractivity contribution in [3.05, 3.63) is 28.5 Å². The smallest absolute Gasteiger partial charge is 0.256 e. The van der Waals surface area contributed by atoms with Crippen LogP contribution in [-0.4, -0.2) is 60.9 Å². The van der Waals surface area contributed by atoms with Gasteiger partial charge in [0, 0.05) is 32.4 Å². The molecule has 0 bridgehead atoms. The van der Waals surface area contributed by atoms with Crippen molar-refractivity contribution in [3.8, 4) is 0 Å². The van der Waals surface area contributed by atoms with E-state index in [0.717, 1.165) is 0 Å². The van der Waals surface area contributed by atoms with Crippen LogP contribution in [0.5, 0.6) is 0 Å². The molecule has 8 heteroatoms. The van der Waals surface area contributed by atoms with Gasteiger partial charge in [-0.2, -0.15) is 0 Å². The molecule has 0 atom stereocenters. The van der Waals surface area contributed by atoms with E-state index in [0.29, 0.717) is 42.8 Å². The first kappa shape index (κ1) is 15.1. The number of hydrogen-bond donors (Lipinski definition) is 1. The predicted molar refractivity (Wildman–Crippen MR) is 78.6 cm³/mol. The molecule has 1 aromatic rings. The Morgan fingerprint density at radius 2 is 2.05 bits per heavy atom. The minimum Gasteiger partial charge on any atom is -0.352 e. The first-order valence-corrected chi connectivity index (χ1v) is 8.57. The van der Waals surface area contributed by atoms with Crippen molar-refractivity contribution >= 4 is 28.1 Å². The standard InChI is InChI=1S/C12H17N3O3S2/c1-20(17,18)15-7-3-6-14(8-9-15)12(16)10-4-2-5-13-11(10)19/h2,4-5H,3,6-9H2,1H3,(H,13,19). The highest BCUT2D eigenvalue weighted by Crippen LogP contribution is 2.11. The highest BCUT2D eigenvalue weighted by Gasteiger charge is 2.24. The maximum absolute atomic E-state index is 12.4. The predicted octanol–water partition coefficient (Wildman–Crippen LogP) is 0.852. The molecule has 2 heterocycles. The number of carbonyl (C=O) groups is 1. The van der Waals surface area contributed by atoms with E-state index in [9.17, 15) is 13.2 Å². The third-order valence-corrected chi connectivity index (χ3v) is 4.90. The van der Waals surface area contributed by atoms with Crippen LogP contribution in [0.4, 0.5) is 0 Å². The van der Waals surface area contributed by atoms with E-state index in [-0.39, 0.29) is 5.91 Å². The molecule has 0 radical (unpaired) electrons. The summed E-state index contributed by atoms with van der Waals surface area (Å²) in [5.41, 5.74) is 0.454. The SMILES string of the molecule is CS(=O)(=O)N1CCCN(C(=O)c2ccc[nH]c2=S)CC1. The first-order chi connectivity index (χ1) is 9.39. The fourth-order valence-corrected chi connectivity index (χ4v) is 3.29. The monoisotopic (exact) mass is 315 g/mol. The third kappa shape index (κ3) is 3.44. The summed E-state index contributed by atoms with van der Waals surface area (Å²) in [4.78, 5) is 16.9. The van der Waals surface area contributed by atoms with Crippen LogP contribution in [0.25, 0.3) is 0 Å². The first-order valence-electron chi connectivity index (χ1n) is 6.31. The number of aromatic amines is 1. The lowest BCUT2D eigenvalue weighted by Crippen LogP contribution is -2.37. The van der Waals surface area contributed by atoms with Crippen LogP contribution >= 0.6 is 12.2 Å². The van der Waals surface area contributed by atoms with Gasteiger partial charge in [-0.25, -0.2) is 12.7 Å². The van der Waals surface area contributed by atoms with Gasteiger partial charge in [0.05, 0.1) is 11.8 Å². The second-order valence-corrected chi connectivity index (χ2v) is 7.11. The molecule has 0 aromatic carbocycles. The minimum atomic E-state index is -3.20. The summed E-state index contributed by atoms with van der Waals surface area (Å²) in [5.74, 6) is -0.151. The summed E-state index contributed by atoms with van der Waals surface area (Å²) in [5, 5.41) is 0. The van der Waals surface area contributed by atoms with E-state index >= 15 is 0 Å². The van der Waals surface area contributed by atoms with Gasteiger partial charge in [0.25, 0.3) is 5.91 Å². The molecular formula is C12H17N3O3S2. The van der Waals surface area contributed by atoms with E-state index in [2.05, 4.69) is 4.98 Å². The number of nitrogens with one attached hydrogen (secondary N) is 1. The summed E-state index contributed by atoms with van der Waals surface area (Å²) in [6.07, 6.45) is 3.49. The molecule has 1 fully saturated rings. The number of amides is 1. The summed E-state index contributed by atoms with van der Waals surface area (Å²) in [6.45, 7) is 1.70. The van der Waals surface area contributed by atoms with Crippen LogP contribution in [0.3, 0.4) is 0 Å². The van der Waals surface area contributed by atoms with Gasteiger partial charge in [0.1, 0.15) is 4.64 Å². The average molecular weight is 315 g/mol. The third-order valence-electron chi connectivity index (χ3n) is 3.26. The van der Waals surface area contributed by atoms with Gasteiger partial charge < -0.3 is 9.88 Å². The van der Waals surface area contributed by atoms with E-state index in [1.807, 2.05) is 0 Å². The zero-order valence-corrected chi connectivity index (χ0v) is 12.8. The Morgan fingerprint density at radius 1 is 1.30 bits per heavy atom. The lowest BCUT2D eigenvalue weighted by molar-refractivity contribution is 0.0763. The number of nitrogens with zero attached hydrogens (tertiary/aromatic N) is 2. The van der Waals surface area contributed by atoms with Crippen molar-refractivity contribution in [1.29, 1.82) is 0 Å². The maximum Gasteiger partial charge on any atom is 0.256 e. The molecule has 1 aliphatic heterocycles. The molecule has 20 heavy (non-hydrogen) atoms. The summed E-state index contributed by atoms with van der Waals surface area (Å²) in [6, 6.07) is 3.41. The van der Waals surface area contributed by atoms with Gasteiger partial charge in [-0.05, 0) is 18.6 Å². The van der Waals surface area contributed by atoms with E-state index in [1.54, 1.807) is 23.2 Å². The number of aromatic nitrogens is 1. The molecule has 1 N–H and O–H groups in total. The van der Waals surface area contributed by atoms with Gasteiger partial charge in [-0.15, -0.1) is 0 Å². The Bertz CT molecular complexity index is 654. The van der Waals surface area contributed by atoms with Crippen molar-refractivity contribution in [3.63, 3.8) is 0 Å². The molecular weight excluding hydrogens is 298 g/mol. The normalized spacial score (nSPS) is 17.8. The number of pyridine rings is 1. The molecule has 6 nitrogen and oxygen atoms in total. The molecule has 1 aromatic heterocycles. The summed E-state index contributed by atoms with van der Waals surface area (Å²) >= 11 is 5.10. The largest absolute Gasteiger partial charge is 0.352 e. The van der Waals surface area contributed by atoms with Crippen LogP contribution in [0.2, 0.25) is 0 Å². The van der Waals surface area contributed by atoms with Crippen molar-refractivity contribution in [2.75, 3.05) is 32.4 Å². The second-order valence-electron chi connectivity index (χ2n) is 4.72. The Morgan fingerprint density at radius 3 is 2.70 bits per heavy atom. The van der Waals surface area contributed by atoms with Crippen LogP contribution in [0.1, 0.15) is 16.8 Å². The fraction of sp³-hybridized carbons (Fsp3) is 0.500. The molecule has 1 aliphatic rings. The van der Waals surface area contributed by atoms with E-state index in [4.69, 9.17) is 12.2 Å². The molecule has 1 saturated heterocycles. The molecule has 1 amide bonds. The second kappa shape index (κ2) is 6.02. The van der Waals surface area contributed by atoms with Crippen molar-refractivity contribution < 1.29 is 13.2 Å². The van der Waals surface area contributed by atoms with Gasteiger partial charge >= 0.3 is 0 Å². The Hall–Kier alpha value is -1.25. The van der Waals surface area contributed by atoms with Crippen LogP contribution in [0, 0.1) is 4.64 Å². The Labute approximate surface area is 123 Å².